The molecule has 1 aromatic carbocycles. The first kappa shape index (κ1) is 20.8. The number of para-hydroxylation sites is 1. The first-order valence-electron chi connectivity index (χ1n) is 9.56. The van der Waals surface area contributed by atoms with Crippen molar-refractivity contribution >= 4 is 33.0 Å². The van der Waals surface area contributed by atoms with E-state index in [1.54, 1.807) is 5.38 Å². The highest BCUT2D eigenvalue weighted by molar-refractivity contribution is 7.89. The van der Waals surface area contributed by atoms with E-state index >= 15 is 0 Å². The van der Waals surface area contributed by atoms with Gasteiger partial charge in [-0.05, 0) is 44.2 Å². The second kappa shape index (κ2) is 9.07. The van der Waals surface area contributed by atoms with Crippen molar-refractivity contribution < 1.29 is 17.9 Å². The number of anilines is 1. The number of benzene rings is 1. The molecule has 0 saturated carbocycles. The Labute approximate surface area is 170 Å². The highest BCUT2D eigenvalue weighted by Gasteiger charge is 2.32. The molecule has 0 aliphatic carbocycles. The van der Waals surface area contributed by atoms with Crippen LogP contribution in [0.15, 0.2) is 40.6 Å². The highest BCUT2D eigenvalue weighted by Crippen LogP contribution is 2.29. The average molecular weight is 423 g/mol. The first-order chi connectivity index (χ1) is 13.5. The molecule has 1 aromatic heterocycles. The normalized spacial score (nSPS) is 14.9. The fraction of sp³-hybridized carbons (Fsp3) is 0.450. The van der Waals surface area contributed by atoms with Gasteiger partial charge in [-0.3, -0.25) is 0 Å². The zero-order valence-electron chi connectivity index (χ0n) is 16.3. The second-order valence-corrected chi connectivity index (χ2v) is 9.42. The van der Waals surface area contributed by atoms with E-state index in [1.807, 2.05) is 24.3 Å². The summed E-state index contributed by atoms with van der Waals surface area (Å²) in [5, 5.41) is 1.63. The number of esters is 1. The van der Waals surface area contributed by atoms with Crippen LogP contribution in [0, 0.1) is 0 Å². The Hall–Kier alpha value is -1.90. The van der Waals surface area contributed by atoms with Gasteiger partial charge in [0.15, 0.2) is 0 Å². The van der Waals surface area contributed by atoms with Gasteiger partial charge in [-0.1, -0.05) is 18.2 Å². The van der Waals surface area contributed by atoms with Crippen LogP contribution in [-0.2, 0) is 21.4 Å². The number of hydrogen-bond donors (Lipinski definition) is 0. The van der Waals surface area contributed by atoms with Gasteiger partial charge in [-0.2, -0.15) is 4.31 Å². The molecule has 0 atom stereocenters. The summed E-state index contributed by atoms with van der Waals surface area (Å²) < 4.78 is 32.6. The molecule has 0 N–H and O–H groups in total. The molecule has 8 heteroatoms. The fourth-order valence-corrected chi connectivity index (χ4v) is 6.23. The zero-order chi connectivity index (χ0) is 20.1. The average Bonchev–Trinajstić information content (AvgIpc) is 3.40. The molecule has 2 heterocycles. The molecule has 3 rings (SSSR count). The van der Waals surface area contributed by atoms with Gasteiger partial charge in [0.2, 0.25) is 10.0 Å². The first-order valence-corrected chi connectivity index (χ1v) is 11.9. The Balaban J connectivity index is 1.77. The Morgan fingerprint density at radius 3 is 2.50 bits per heavy atom. The number of carbonyl (C=O) groups is 1. The summed E-state index contributed by atoms with van der Waals surface area (Å²) in [6, 6.07) is 9.30. The molecule has 1 fully saturated rings. The topological polar surface area (TPSA) is 66.9 Å². The molecule has 0 bridgehead atoms. The van der Waals surface area contributed by atoms with Gasteiger partial charge in [0.1, 0.15) is 16.4 Å². The largest absolute Gasteiger partial charge is 0.457 e. The molecule has 2 aromatic rings. The summed E-state index contributed by atoms with van der Waals surface area (Å²) in [5.41, 5.74) is 1.93. The molecule has 28 heavy (non-hydrogen) atoms. The van der Waals surface area contributed by atoms with Crippen molar-refractivity contribution in [2.75, 3.05) is 31.1 Å². The van der Waals surface area contributed by atoms with E-state index in [1.165, 1.54) is 10.4 Å². The third-order valence-corrected chi connectivity index (χ3v) is 7.92. The number of carbonyl (C=O) groups excluding carboxylic acids is 1. The van der Waals surface area contributed by atoms with Gasteiger partial charge in [0, 0.05) is 37.4 Å². The van der Waals surface area contributed by atoms with E-state index < -0.39 is 16.0 Å². The van der Waals surface area contributed by atoms with Crippen molar-refractivity contribution in [2.45, 2.75) is 38.2 Å². The third kappa shape index (κ3) is 4.24. The minimum atomic E-state index is -3.65. The van der Waals surface area contributed by atoms with Crippen LogP contribution in [0.5, 0.6) is 0 Å². The molecular weight excluding hydrogens is 396 g/mol. The maximum atomic E-state index is 12.8. The SMILES string of the molecule is CCN(CC)c1ccccc1COC(=O)c1sccc1S(=O)(=O)N1CCCC1. The summed E-state index contributed by atoms with van der Waals surface area (Å²) in [6.07, 6.45) is 1.70. The molecule has 1 saturated heterocycles. The monoisotopic (exact) mass is 422 g/mol. The van der Waals surface area contributed by atoms with E-state index in [0.717, 1.165) is 48.5 Å². The van der Waals surface area contributed by atoms with E-state index in [2.05, 4.69) is 18.7 Å². The maximum absolute atomic E-state index is 12.8. The zero-order valence-corrected chi connectivity index (χ0v) is 17.9. The van der Waals surface area contributed by atoms with Gasteiger partial charge in [0.05, 0.1) is 0 Å². The minimum absolute atomic E-state index is 0.0569. The van der Waals surface area contributed by atoms with Crippen molar-refractivity contribution in [3.05, 3.63) is 46.2 Å². The number of ether oxygens (including phenoxy) is 1. The third-order valence-electron chi connectivity index (χ3n) is 4.95. The maximum Gasteiger partial charge on any atom is 0.350 e. The Morgan fingerprint density at radius 1 is 1.14 bits per heavy atom. The van der Waals surface area contributed by atoms with Crippen LogP contribution in [0.4, 0.5) is 5.69 Å². The molecule has 152 valence electrons. The van der Waals surface area contributed by atoms with Gasteiger partial charge < -0.3 is 9.64 Å². The van der Waals surface area contributed by atoms with Crippen molar-refractivity contribution in [3.8, 4) is 0 Å². The molecule has 1 aliphatic heterocycles. The van der Waals surface area contributed by atoms with Crippen molar-refractivity contribution in [2.24, 2.45) is 0 Å². The molecule has 0 amide bonds. The Morgan fingerprint density at radius 2 is 1.82 bits per heavy atom. The lowest BCUT2D eigenvalue weighted by Gasteiger charge is -2.24. The van der Waals surface area contributed by atoms with Gasteiger partial charge >= 0.3 is 5.97 Å². The lowest BCUT2D eigenvalue weighted by atomic mass is 10.1. The van der Waals surface area contributed by atoms with Crippen LogP contribution in [-0.4, -0.2) is 44.9 Å². The smallest absolute Gasteiger partial charge is 0.350 e. The summed E-state index contributed by atoms with van der Waals surface area (Å²) in [7, 11) is -3.65. The predicted molar refractivity (Wildman–Crippen MR) is 111 cm³/mol. The number of sulfonamides is 1. The predicted octanol–water partition coefficient (Wildman–Crippen LogP) is 3.74. The lowest BCUT2D eigenvalue weighted by Crippen LogP contribution is -2.28. The van der Waals surface area contributed by atoms with Crippen molar-refractivity contribution in [3.63, 3.8) is 0 Å². The molecular formula is C20H26N2O4S2. The molecule has 0 radical (unpaired) electrons. The Kier molecular flexibility index (Phi) is 6.74. The van der Waals surface area contributed by atoms with E-state index in [9.17, 15) is 13.2 Å². The summed E-state index contributed by atoms with van der Waals surface area (Å²) in [4.78, 5) is 15.1. The molecule has 0 unspecified atom stereocenters. The van der Waals surface area contributed by atoms with Crippen molar-refractivity contribution in [1.82, 2.24) is 4.31 Å². The van der Waals surface area contributed by atoms with Crippen molar-refractivity contribution in [1.29, 1.82) is 0 Å². The van der Waals surface area contributed by atoms with Crippen LogP contribution >= 0.6 is 11.3 Å². The number of thiophene rings is 1. The summed E-state index contributed by atoms with van der Waals surface area (Å²) in [6.45, 7) is 6.97. The molecule has 6 nitrogen and oxygen atoms in total. The fourth-order valence-electron chi connectivity index (χ4n) is 3.43. The number of hydrogen-bond acceptors (Lipinski definition) is 6. The number of rotatable bonds is 8. The quantitative estimate of drug-likeness (QED) is 0.607. The minimum Gasteiger partial charge on any atom is -0.457 e. The highest BCUT2D eigenvalue weighted by atomic mass is 32.2. The van der Waals surface area contributed by atoms with Crippen LogP contribution in [0.25, 0.3) is 0 Å². The van der Waals surface area contributed by atoms with Crippen LogP contribution < -0.4 is 4.90 Å². The van der Waals surface area contributed by atoms with Crippen LogP contribution in [0.2, 0.25) is 0 Å². The van der Waals surface area contributed by atoms with E-state index in [0.29, 0.717) is 13.1 Å². The number of nitrogens with zero attached hydrogens (tertiary/aromatic N) is 2. The van der Waals surface area contributed by atoms with Gasteiger partial charge in [-0.25, -0.2) is 13.2 Å². The van der Waals surface area contributed by atoms with Crippen LogP contribution in [0.3, 0.4) is 0 Å². The Bertz CT molecular complexity index is 914. The van der Waals surface area contributed by atoms with Crippen LogP contribution in [0.1, 0.15) is 41.9 Å². The van der Waals surface area contributed by atoms with E-state index in [4.69, 9.17) is 4.74 Å². The molecule has 0 spiro atoms. The summed E-state index contributed by atoms with van der Waals surface area (Å²) >= 11 is 1.11. The summed E-state index contributed by atoms with van der Waals surface area (Å²) in [5.74, 6) is -0.595. The molecule has 1 aliphatic rings. The van der Waals surface area contributed by atoms with Gasteiger partial charge in [-0.15, -0.1) is 11.3 Å². The van der Waals surface area contributed by atoms with E-state index in [-0.39, 0.29) is 16.4 Å². The second-order valence-electron chi connectivity index (χ2n) is 6.60. The standard InChI is InChI=1S/C20H26N2O4S2/c1-3-21(4-2)17-10-6-5-9-16(17)15-26-20(23)19-18(11-14-27-19)28(24,25)22-12-7-8-13-22/h5-6,9-11,14H,3-4,7-8,12-13,15H2,1-2H3. The lowest BCUT2D eigenvalue weighted by molar-refractivity contribution is 0.0475. The van der Waals surface area contributed by atoms with Gasteiger partial charge in [0.25, 0.3) is 0 Å².